The number of hydrogen-bond acceptors (Lipinski definition) is 2. The quantitative estimate of drug-likeness (QED) is 0.529. The number of para-hydroxylation sites is 1. The van der Waals surface area contributed by atoms with Gasteiger partial charge in [-0.3, -0.25) is 4.57 Å². The van der Waals surface area contributed by atoms with Crippen LogP contribution in [0.1, 0.15) is 63.9 Å². The third-order valence-corrected chi connectivity index (χ3v) is 4.97. The van der Waals surface area contributed by atoms with Gasteiger partial charge in [0.15, 0.2) is 0 Å². The average Bonchev–Trinajstić information content (AvgIpc) is 3.01. The Kier molecular flexibility index (Phi) is 4.93. The smallest absolute Gasteiger partial charge is 0.144 e. The minimum Gasteiger partial charge on any atom is -0.299 e. The Morgan fingerprint density at radius 3 is 2.00 bits per heavy atom. The molecule has 0 spiro atoms. The Bertz CT molecular complexity index is 1020. The largest absolute Gasteiger partial charge is 0.299 e. The van der Waals surface area contributed by atoms with Crippen LogP contribution in [0.3, 0.4) is 0 Å². The lowest BCUT2D eigenvalue weighted by Gasteiger charge is -2.31. The van der Waals surface area contributed by atoms with Crippen molar-refractivity contribution in [2.24, 2.45) is 0 Å². The summed E-state index contributed by atoms with van der Waals surface area (Å²) in [6.45, 7) is 15.5. The van der Waals surface area contributed by atoms with Crippen molar-refractivity contribution in [3.05, 3.63) is 71.0 Å². The molecule has 0 aliphatic heterocycles. The number of benzene rings is 2. The van der Waals surface area contributed by atoms with Crippen LogP contribution < -0.4 is 0 Å². The highest BCUT2D eigenvalue weighted by molar-refractivity contribution is 5.65. The number of aryl methyl sites for hydroxylation is 1. The van der Waals surface area contributed by atoms with E-state index in [0.717, 1.165) is 17.1 Å². The van der Waals surface area contributed by atoms with Crippen LogP contribution in [0.15, 0.2) is 48.7 Å². The van der Waals surface area contributed by atoms with E-state index in [-0.39, 0.29) is 10.8 Å². The molecule has 1 aromatic heterocycles. The highest BCUT2D eigenvalue weighted by atomic mass is 15.1. The third-order valence-electron chi connectivity index (χ3n) is 4.97. The molecule has 3 aromatic rings. The second-order valence-corrected chi connectivity index (χ2v) is 9.47. The molecule has 0 aliphatic rings. The van der Waals surface area contributed by atoms with Gasteiger partial charge in [-0.05, 0) is 41.0 Å². The topological polar surface area (TPSA) is 41.6 Å². The molecule has 2 aromatic carbocycles. The van der Waals surface area contributed by atoms with Gasteiger partial charge >= 0.3 is 0 Å². The SMILES string of the molecule is Cc1cn(-c2c(C(C)(C)C)cccc2C(C)(C)C)c(-c2cccc(C#N)c2)n1. The Morgan fingerprint density at radius 1 is 0.893 bits per heavy atom. The summed E-state index contributed by atoms with van der Waals surface area (Å²) in [5.41, 5.74) is 6.30. The maximum absolute atomic E-state index is 9.32. The molecule has 0 saturated carbocycles. The van der Waals surface area contributed by atoms with E-state index in [1.54, 1.807) is 0 Å². The molecule has 0 unspecified atom stereocenters. The summed E-state index contributed by atoms with van der Waals surface area (Å²) in [7, 11) is 0. The average molecular weight is 372 g/mol. The fraction of sp³-hybridized carbons (Fsp3) is 0.360. The highest BCUT2D eigenvalue weighted by Crippen LogP contribution is 2.38. The summed E-state index contributed by atoms with van der Waals surface area (Å²) < 4.78 is 2.22. The lowest BCUT2D eigenvalue weighted by molar-refractivity contribution is 0.562. The van der Waals surface area contributed by atoms with E-state index in [2.05, 4.69) is 76.6 Å². The summed E-state index contributed by atoms with van der Waals surface area (Å²) in [6, 6.07) is 16.5. The Balaban J connectivity index is 2.38. The van der Waals surface area contributed by atoms with Gasteiger partial charge in [-0.25, -0.2) is 4.98 Å². The van der Waals surface area contributed by atoms with Crippen LogP contribution in [-0.2, 0) is 10.8 Å². The molecule has 1 heterocycles. The molecule has 0 fully saturated rings. The first-order chi connectivity index (χ1) is 13.0. The lowest BCUT2D eigenvalue weighted by atomic mass is 9.78. The molecular formula is C25H29N3. The van der Waals surface area contributed by atoms with Crippen LogP contribution in [0.2, 0.25) is 0 Å². The van der Waals surface area contributed by atoms with Crippen molar-refractivity contribution in [3.8, 4) is 23.1 Å². The van der Waals surface area contributed by atoms with E-state index >= 15 is 0 Å². The zero-order chi connectivity index (χ0) is 20.7. The molecular weight excluding hydrogens is 342 g/mol. The normalized spacial score (nSPS) is 12.1. The number of rotatable bonds is 2. The third kappa shape index (κ3) is 3.73. The second kappa shape index (κ2) is 6.95. The van der Waals surface area contributed by atoms with E-state index < -0.39 is 0 Å². The molecule has 3 nitrogen and oxygen atoms in total. The maximum atomic E-state index is 9.32. The number of nitriles is 1. The molecule has 28 heavy (non-hydrogen) atoms. The van der Waals surface area contributed by atoms with E-state index in [0.29, 0.717) is 5.56 Å². The van der Waals surface area contributed by atoms with Gasteiger partial charge in [-0.1, -0.05) is 71.9 Å². The van der Waals surface area contributed by atoms with Gasteiger partial charge in [-0.15, -0.1) is 0 Å². The fourth-order valence-electron chi connectivity index (χ4n) is 3.61. The van der Waals surface area contributed by atoms with Gasteiger partial charge in [0.2, 0.25) is 0 Å². The number of hydrogen-bond donors (Lipinski definition) is 0. The van der Waals surface area contributed by atoms with Gasteiger partial charge in [0.1, 0.15) is 5.82 Å². The Labute approximate surface area is 168 Å². The van der Waals surface area contributed by atoms with Gasteiger partial charge in [-0.2, -0.15) is 5.26 Å². The van der Waals surface area contributed by atoms with Gasteiger partial charge in [0.25, 0.3) is 0 Å². The van der Waals surface area contributed by atoms with E-state index in [1.807, 2.05) is 31.2 Å². The summed E-state index contributed by atoms with van der Waals surface area (Å²) >= 11 is 0. The number of aromatic nitrogens is 2. The maximum Gasteiger partial charge on any atom is 0.144 e. The molecule has 0 radical (unpaired) electrons. The lowest BCUT2D eigenvalue weighted by Crippen LogP contribution is -2.22. The molecule has 0 N–H and O–H groups in total. The molecule has 3 rings (SSSR count). The van der Waals surface area contributed by atoms with Crippen LogP contribution in [0.5, 0.6) is 0 Å². The van der Waals surface area contributed by atoms with Crippen molar-refractivity contribution >= 4 is 0 Å². The Morgan fingerprint density at radius 2 is 1.46 bits per heavy atom. The minimum atomic E-state index is -0.0134. The standard InChI is InChI=1S/C25H29N3/c1-17-16-28(23(27-17)19-11-8-10-18(14-19)15-26)22-20(24(2,3)4)12-9-13-21(22)25(5,6)7/h8-14,16H,1-7H3. The van der Waals surface area contributed by atoms with Crippen molar-refractivity contribution in [1.82, 2.24) is 9.55 Å². The molecule has 0 atom stereocenters. The first-order valence-electron chi connectivity index (χ1n) is 9.73. The van der Waals surface area contributed by atoms with E-state index in [1.165, 1.54) is 16.8 Å². The van der Waals surface area contributed by atoms with E-state index in [9.17, 15) is 5.26 Å². The fourth-order valence-corrected chi connectivity index (χ4v) is 3.61. The predicted octanol–water partition coefficient (Wildman–Crippen LogP) is 6.31. The highest BCUT2D eigenvalue weighted by Gasteiger charge is 2.27. The monoisotopic (exact) mass is 371 g/mol. The minimum absolute atomic E-state index is 0.0134. The molecule has 0 saturated heterocycles. The summed E-state index contributed by atoms with van der Waals surface area (Å²) in [5, 5.41) is 9.32. The molecule has 0 amide bonds. The van der Waals surface area contributed by atoms with Crippen LogP contribution in [-0.4, -0.2) is 9.55 Å². The summed E-state index contributed by atoms with van der Waals surface area (Å²) in [4.78, 5) is 4.83. The Hall–Kier alpha value is -2.86. The summed E-state index contributed by atoms with van der Waals surface area (Å²) in [5.74, 6) is 0.872. The van der Waals surface area contributed by atoms with Crippen molar-refractivity contribution in [2.45, 2.75) is 59.3 Å². The van der Waals surface area contributed by atoms with Crippen LogP contribution in [0.25, 0.3) is 17.1 Å². The van der Waals surface area contributed by atoms with Gasteiger partial charge in [0.05, 0.1) is 23.0 Å². The molecule has 144 valence electrons. The van der Waals surface area contributed by atoms with E-state index in [4.69, 9.17) is 4.98 Å². The predicted molar refractivity (Wildman–Crippen MR) is 116 cm³/mol. The first-order valence-corrected chi connectivity index (χ1v) is 9.73. The van der Waals surface area contributed by atoms with Crippen molar-refractivity contribution < 1.29 is 0 Å². The molecule has 3 heteroatoms. The van der Waals surface area contributed by atoms with Gasteiger partial charge < -0.3 is 0 Å². The van der Waals surface area contributed by atoms with Crippen LogP contribution in [0.4, 0.5) is 0 Å². The molecule has 0 bridgehead atoms. The first kappa shape index (κ1) is 19.9. The zero-order valence-electron chi connectivity index (χ0n) is 18.0. The van der Waals surface area contributed by atoms with Crippen molar-refractivity contribution in [3.63, 3.8) is 0 Å². The zero-order valence-corrected chi connectivity index (χ0v) is 18.0. The second-order valence-electron chi connectivity index (χ2n) is 9.47. The van der Waals surface area contributed by atoms with Gasteiger partial charge in [0, 0.05) is 11.8 Å². The van der Waals surface area contributed by atoms with Crippen LogP contribution >= 0.6 is 0 Å². The number of imidazole rings is 1. The van der Waals surface area contributed by atoms with Crippen molar-refractivity contribution in [1.29, 1.82) is 5.26 Å². The number of nitrogens with zero attached hydrogens (tertiary/aromatic N) is 3. The van der Waals surface area contributed by atoms with Crippen LogP contribution in [0, 0.1) is 18.3 Å². The molecule has 0 aliphatic carbocycles. The summed E-state index contributed by atoms with van der Waals surface area (Å²) in [6.07, 6.45) is 2.11. The van der Waals surface area contributed by atoms with Crippen molar-refractivity contribution in [2.75, 3.05) is 0 Å².